The molecule has 0 radical (unpaired) electrons. The molecule has 0 saturated carbocycles. The van der Waals surface area contributed by atoms with Gasteiger partial charge in [-0.3, -0.25) is 0 Å². The van der Waals surface area contributed by atoms with Gasteiger partial charge in [0.25, 0.3) is 0 Å². The van der Waals surface area contributed by atoms with E-state index >= 15 is 0 Å². The van der Waals surface area contributed by atoms with Crippen LogP contribution in [0.3, 0.4) is 0 Å². The highest BCUT2D eigenvalue weighted by molar-refractivity contribution is 5.85. The standard InChI is InChI=1S/C14H17N/c1-15-10-9-13-12-6-4-2-3-5-11(12)7-8-14(13)15/h7-10H,2-6H2,1H3. The molecule has 1 aromatic heterocycles. The van der Waals surface area contributed by atoms with Crippen molar-refractivity contribution in [3.63, 3.8) is 0 Å². The van der Waals surface area contributed by atoms with E-state index in [1.807, 2.05) is 0 Å². The summed E-state index contributed by atoms with van der Waals surface area (Å²) in [7, 11) is 2.13. The summed E-state index contributed by atoms with van der Waals surface area (Å²) in [6.45, 7) is 0. The average Bonchev–Trinajstić information content (AvgIpc) is 2.51. The molecule has 0 saturated heterocycles. The molecule has 0 aliphatic heterocycles. The fourth-order valence-corrected chi connectivity index (χ4v) is 2.78. The molecule has 0 spiro atoms. The van der Waals surface area contributed by atoms with E-state index in [9.17, 15) is 0 Å². The fourth-order valence-electron chi connectivity index (χ4n) is 2.78. The van der Waals surface area contributed by atoms with Crippen LogP contribution >= 0.6 is 0 Å². The topological polar surface area (TPSA) is 4.93 Å². The van der Waals surface area contributed by atoms with Gasteiger partial charge in [0.15, 0.2) is 0 Å². The first-order valence-corrected chi connectivity index (χ1v) is 5.92. The van der Waals surface area contributed by atoms with Crippen LogP contribution in [0.4, 0.5) is 0 Å². The zero-order chi connectivity index (χ0) is 10.3. The van der Waals surface area contributed by atoms with Crippen LogP contribution < -0.4 is 0 Å². The van der Waals surface area contributed by atoms with Crippen molar-refractivity contribution in [2.45, 2.75) is 32.1 Å². The molecule has 15 heavy (non-hydrogen) atoms. The summed E-state index contributed by atoms with van der Waals surface area (Å²) in [5.41, 5.74) is 4.59. The Labute approximate surface area is 90.7 Å². The Morgan fingerprint density at radius 1 is 1.00 bits per heavy atom. The summed E-state index contributed by atoms with van der Waals surface area (Å²) in [5.74, 6) is 0. The maximum atomic E-state index is 2.34. The number of fused-ring (bicyclic) bond motifs is 3. The normalized spacial score (nSPS) is 16.3. The lowest BCUT2D eigenvalue weighted by Crippen LogP contribution is -1.92. The molecule has 1 heteroatoms. The maximum Gasteiger partial charge on any atom is 0.0480 e. The summed E-state index contributed by atoms with van der Waals surface area (Å²) >= 11 is 0. The van der Waals surface area contributed by atoms with Crippen molar-refractivity contribution >= 4 is 10.9 Å². The number of rotatable bonds is 0. The van der Waals surface area contributed by atoms with Crippen molar-refractivity contribution in [3.8, 4) is 0 Å². The average molecular weight is 199 g/mol. The van der Waals surface area contributed by atoms with E-state index in [0.29, 0.717) is 0 Å². The second-order valence-electron chi connectivity index (χ2n) is 4.62. The van der Waals surface area contributed by atoms with E-state index in [2.05, 4.69) is 36.0 Å². The molecule has 0 bridgehead atoms. The minimum Gasteiger partial charge on any atom is -0.351 e. The lowest BCUT2D eigenvalue weighted by molar-refractivity contribution is 0.712. The molecule has 1 aliphatic rings. The molecule has 0 fully saturated rings. The Balaban J connectivity index is 2.27. The predicted octanol–water partition coefficient (Wildman–Crippen LogP) is 3.45. The van der Waals surface area contributed by atoms with Gasteiger partial charge in [0, 0.05) is 24.1 Å². The van der Waals surface area contributed by atoms with Gasteiger partial charge < -0.3 is 4.57 Å². The molecule has 1 nitrogen and oxygen atoms in total. The molecule has 1 aromatic carbocycles. The third kappa shape index (κ3) is 1.38. The van der Waals surface area contributed by atoms with Gasteiger partial charge in [0.1, 0.15) is 0 Å². The predicted molar refractivity (Wildman–Crippen MR) is 64.2 cm³/mol. The second kappa shape index (κ2) is 3.41. The van der Waals surface area contributed by atoms with Crippen LogP contribution in [0.1, 0.15) is 30.4 Å². The van der Waals surface area contributed by atoms with E-state index < -0.39 is 0 Å². The van der Waals surface area contributed by atoms with Crippen LogP contribution in [0.5, 0.6) is 0 Å². The van der Waals surface area contributed by atoms with Gasteiger partial charge in [-0.25, -0.2) is 0 Å². The minimum atomic E-state index is 1.27. The van der Waals surface area contributed by atoms with E-state index in [4.69, 9.17) is 0 Å². The van der Waals surface area contributed by atoms with Crippen LogP contribution in [0.2, 0.25) is 0 Å². The second-order valence-corrected chi connectivity index (χ2v) is 4.62. The van der Waals surface area contributed by atoms with Gasteiger partial charge in [-0.2, -0.15) is 0 Å². The van der Waals surface area contributed by atoms with Crippen LogP contribution in [0.25, 0.3) is 10.9 Å². The largest absolute Gasteiger partial charge is 0.351 e. The van der Waals surface area contributed by atoms with Gasteiger partial charge >= 0.3 is 0 Å². The van der Waals surface area contributed by atoms with Crippen molar-refractivity contribution in [1.29, 1.82) is 0 Å². The van der Waals surface area contributed by atoms with Crippen molar-refractivity contribution in [3.05, 3.63) is 35.5 Å². The molecule has 1 heterocycles. The summed E-state index contributed by atoms with van der Waals surface area (Å²) in [6.07, 6.45) is 8.85. The summed E-state index contributed by atoms with van der Waals surface area (Å²) < 4.78 is 2.22. The highest BCUT2D eigenvalue weighted by atomic mass is 14.9. The Bertz CT molecular complexity index is 493. The highest BCUT2D eigenvalue weighted by Crippen LogP contribution is 2.28. The molecule has 1 aliphatic carbocycles. The quantitative estimate of drug-likeness (QED) is 0.573. The van der Waals surface area contributed by atoms with Crippen molar-refractivity contribution < 1.29 is 0 Å². The SMILES string of the molecule is Cn1ccc2c3c(ccc21)CCCCC3. The van der Waals surface area contributed by atoms with Gasteiger partial charge in [-0.15, -0.1) is 0 Å². The fraction of sp³-hybridized carbons (Fsp3) is 0.429. The lowest BCUT2D eigenvalue weighted by atomic mass is 9.99. The third-order valence-corrected chi connectivity index (χ3v) is 3.65. The van der Waals surface area contributed by atoms with E-state index in [0.717, 1.165) is 0 Å². The minimum absolute atomic E-state index is 1.27. The van der Waals surface area contributed by atoms with Crippen LogP contribution in [0, 0.1) is 0 Å². The number of hydrogen-bond donors (Lipinski definition) is 0. The third-order valence-electron chi connectivity index (χ3n) is 3.65. The molecule has 3 rings (SSSR count). The van der Waals surface area contributed by atoms with E-state index in [1.54, 1.807) is 11.1 Å². The van der Waals surface area contributed by atoms with Crippen LogP contribution in [-0.4, -0.2) is 4.57 Å². The first-order chi connectivity index (χ1) is 7.36. The van der Waals surface area contributed by atoms with Gasteiger partial charge in [-0.05, 0) is 48.9 Å². The van der Waals surface area contributed by atoms with Crippen LogP contribution in [0.15, 0.2) is 24.4 Å². The van der Waals surface area contributed by atoms with Gasteiger partial charge in [0.2, 0.25) is 0 Å². The van der Waals surface area contributed by atoms with Crippen LogP contribution in [-0.2, 0) is 19.9 Å². The molecule has 0 unspecified atom stereocenters. The van der Waals surface area contributed by atoms with Crippen molar-refractivity contribution in [2.75, 3.05) is 0 Å². The Hall–Kier alpha value is -1.24. The molecule has 78 valence electrons. The summed E-state index contributed by atoms with van der Waals surface area (Å²) in [6, 6.07) is 6.89. The first-order valence-electron chi connectivity index (χ1n) is 5.92. The lowest BCUT2D eigenvalue weighted by Gasteiger charge is -2.07. The highest BCUT2D eigenvalue weighted by Gasteiger charge is 2.12. The van der Waals surface area contributed by atoms with E-state index in [-0.39, 0.29) is 0 Å². The smallest absolute Gasteiger partial charge is 0.0480 e. The number of aryl methyl sites for hydroxylation is 3. The maximum absolute atomic E-state index is 2.34. The Morgan fingerprint density at radius 2 is 1.87 bits per heavy atom. The summed E-state index contributed by atoms with van der Waals surface area (Å²) in [4.78, 5) is 0. The van der Waals surface area contributed by atoms with Gasteiger partial charge in [0.05, 0.1) is 0 Å². The number of aromatic nitrogens is 1. The molecule has 0 atom stereocenters. The number of benzene rings is 1. The zero-order valence-electron chi connectivity index (χ0n) is 9.29. The van der Waals surface area contributed by atoms with Crippen molar-refractivity contribution in [1.82, 2.24) is 4.57 Å². The molecular formula is C14H17N. The zero-order valence-corrected chi connectivity index (χ0v) is 9.29. The van der Waals surface area contributed by atoms with Crippen molar-refractivity contribution in [2.24, 2.45) is 7.05 Å². The Morgan fingerprint density at radius 3 is 2.80 bits per heavy atom. The molecule has 0 amide bonds. The number of hydrogen-bond acceptors (Lipinski definition) is 0. The summed E-state index contributed by atoms with van der Waals surface area (Å²) in [5, 5.41) is 1.48. The van der Waals surface area contributed by atoms with E-state index in [1.165, 1.54) is 43.0 Å². The first kappa shape index (κ1) is 9.02. The molecule has 0 N–H and O–H groups in total. The molecule has 2 aromatic rings. The van der Waals surface area contributed by atoms with Gasteiger partial charge in [-0.1, -0.05) is 12.5 Å². The number of nitrogens with zero attached hydrogens (tertiary/aromatic N) is 1. The monoisotopic (exact) mass is 199 g/mol. The Kier molecular flexibility index (Phi) is 2.05. The molecular weight excluding hydrogens is 182 g/mol.